The number of fused-ring (bicyclic) bond motifs is 1. The van der Waals surface area contributed by atoms with Gasteiger partial charge >= 0.3 is 5.97 Å². The van der Waals surface area contributed by atoms with Gasteiger partial charge < -0.3 is 19.1 Å². The quantitative estimate of drug-likeness (QED) is 0.319. The average Bonchev–Trinajstić information content (AvgIpc) is 3.26. The van der Waals surface area contributed by atoms with Crippen molar-refractivity contribution >= 4 is 34.2 Å². The van der Waals surface area contributed by atoms with Crippen LogP contribution >= 0.6 is 11.6 Å². The summed E-state index contributed by atoms with van der Waals surface area (Å²) in [5.41, 5.74) is 4.78. The van der Waals surface area contributed by atoms with E-state index in [1.54, 1.807) is 30.5 Å². The molecule has 4 aromatic rings. The molecular formula is C29H28ClN5O4. The van der Waals surface area contributed by atoms with E-state index in [0.29, 0.717) is 30.6 Å². The molecule has 1 aromatic carbocycles. The second-order valence-electron chi connectivity index (χ2n) is 9.76. The highest BCUT2D eigenvalue weighted by Crippen LogP contribution is 2.26. The Labute approximate surface area is 230 Å². The maximum atomic E-state index is 11.6. The maximum Gasteiger partial charge on any atom is 0.335 e. The number of hydrogen-bond donors (Lipinski definition) is 1. The summed E-state index contributed by atoms with van der Waals surface area (Å²) in [6, 6.07) is 14.5. The lowest BCUT2D eigenvalue weighted by Crippen LogP contribution is -2.33. The Bertz CT molecular complexity index is 1530. The number of halogens is 1. The SMILES string of the molecule is O=C(O)c1ccc2nc(CN3CC=C(c4cccc(OCc5ccc(Cl)cn5)n4)CC3)n(C[C@@H]3CCO3)c2c1. The lowest BCUT2D eigenvalue weighted by atomic mass is 10.0. The summed E-state index contributed by atoms with van der Waals surface area (Å²) < 4.78 is 13.7. The molecule has 0 saturated carbocycles. The highest BCUT2D eigenvalue weighted by Gasteiger charge is 2.24. The zero-order chi connectivity index (χ0) is 26.8. The van der Waals surface area contributed by atoms with Crippen molar-refractivity contribution < 1.29 is 19.4 Å². The van der Waals surface area contributed by atoms with Gasteiger partial charge in [0.15, 0.2) is 0 Å². The van der Waals surface area contributed by atoms with Crippen molar-refractivity contribution in [3.63, 3.8) is 0 Å². The Balaban J connectivity index is 1.15. The molecular weight excluding hydrogens is 518 g/mol. The summed E-state index contributed by atoms with van der Waals surface area (Å²) in [5.74, 6) is 0.536. The first-order valence-electron chi connectivity index (χ1n) is 13.0. The summed E-state index contributed by atoms with van der Waals surface area (Å²) in [7, 11) is 0. The van der Waals surface area contributed by atoms with Gasteiger partial charge in [-0.2, -0.15) is 0 Å². The van der Waals surface area contributed by atoms with Crippen LogP contribution in [0.15, 0.2) is 60.8 Å². The first-order chi connectivity index (χ1) is 19.0. The van der Waals surface area contributed by atoms with Gasteiger partial charge in [-0.3, -0.25) is 9.88 Å². The molecule has 10 heteroatoms. The van der Waals surface area contributed by atoms with Crippen LogP contribution in [0.25, 0.3) is 16.6 Å². The van der Waals surface area contributed by atoms with E-state index >= 15 is 0 Å². The minimum Gasteiger partial charge on any atom is -0.478 e. The third-order valence-corrected chi connectivity index (χ3v) is 7.34. The molecule has 1 N–H and O–H groups in total. The summed E-state index contributed by atoms with van der Waals surface area (Å²) in [4.78, 5) is 27.7. The molecule has 2 aliphatic heterocycles. The van der Waals surface area contributed by atoms with Gasteiger partial charge in [-0.05, 0) is 54.8 Å². The molecule has 0 aliphatic carbocycles. The predicted molar refractivity (Wildman–Crippen MR) is 147 cm³/mol. The van der Waals surface area contributed by atoms with Crippen LogP contribution in [0.3, 0.4) is 0 Å². The molecule has 1 saturated heterocycles. The van der Waals surface area contributed by atoms with Gasteiger partial charge in [0.05, 0.1) is 52.2 Å². The second kappa shape index (κ2) is 11.1. The molecule has 0 bridgehead atoms. The number of carboxylic acids is 1. The van der Waals surface area contributed by atoms with Gasteiger partial charge in [0.25, 0.3) is 0 Å². The van der Waals surface area contributed by atoms with Crippen LogP contribution in [-0.2, 0) is 24.4 Å². The fraction of sp³-hybridized carbons (Fsp3) is 0.310. The lowest BCUT2D eigenvalue weighted by molar-refractivity contribution is -0.0591. The summed E-state index contributed by atoms with van der Waals surface area (Å²) in [6.07, 6.45) is 5.80. The van der Waals surface area contributed by atoms with Gasteiger partial charge in [0.1, 0.15) is 12.4 Å². The number of pyridine rings is 2. The number of benzene rings is 1. The van der Waals surface area contributed by atoms with Crippen LogP contribution in [0.4, 0.5) is 0 Å². The number of hydrogen-bond acceptors (Lipinski definition) is 7. The molecule has 3 aromatic heterocycles. The molecule has 200 valence electrons. The molecule has 0 spiro atoms. The van der Waals surface area contributed by atoms with Crippen molar-refractivity contribution in [1.82, 2.24) is 24.4 Å². The van der Waals surface area contributed by atoms with Gasteiger partial charge in [0, 0.05) is 32.0 Å². The minimum absolute atomic E-state index is 0.138. The first kappa shape index (κ1) is 25.5. The van der Waals surface area contributed by atoms with E-state index in [0.717, 1.165) is 60.8 Å². The fourth-order valence-corrected chi connectivity index (χ4v) is 4.98. The van der Waals surface area contributed by atoms with Crippen molar-refractivity contribution in [2.75, 3.05) is 19.7 Å². The Hall–Kier alpha value is -3.79. The number of aromatic carboxylic acids is 1. The number of imidazole rings is 1. The smallest absolute Gasteiger partial charge is 0.335 e. The van der Waals surface area contributed by atoms with E-state index in [2.05, 4.69) is 20.5 Å². The number of carboxylic acid groups (broad SMARTS) is 1. The zero-order valence-corrected chi connectivity index (χ0v) is 22.0. The van der Waals surface area contributed by atoms with E-state index in [4.69, 9.17) is 31.0 Å². The van der Waals surface area contributed by atoms with E-state index in [-0.39, 0.29) is 11.7 Å². The molecule has 2 aliphatic rings. The highest BCUT2D eigenvalue weighted by atomic mass is 35.5. The number of rotatable bonds is 9. The summed E-state index contributed by atoms with van der Waals surface area (Å²) >= 11 is 5.91. The molecule has 1 fully saturated rings. The van der Waals surface area contributed by atoms with Crippen LogP contribution in [0.5, 0.6) is 5.88 Å². The maximum absolute atomic E-state index is 11.6. The molecule has 0 amide bonds. The van der Waals surface area contributed by atoms with Gasteiger partial charge in [-0.25, -0.2) is 14.8 Å². The van der Waals surface area contributed by atoms with E-state index < -0.39 is 5.97 Å². The van der Waals surface area contributed by atoms with Crippen LogP contribution in [0, 0.1) is 0 Å². The Morgan fingerprint density at radius 1 is 1.18 bits per heavy atom. The van der Waals surface area contributed by atoms with Crippen LogP contribution < -0.4 is 4.74 Å². The Morgan fingerprint density at radius 2 is 2.08 bits per heavy atom. The monoisotopic (exact) mass is 545 g/mol. The highest BCUT2D eigenvalue weighted by molar-refractivity contribution is 6.30. The molecule has 5 heterocycles. The van der Waals surface area contributed by atoms with Crippen molar-refractivity contribution in [3.8, 4) is 5.88 Å². The molecule has 6 rings (SSSR count). The zero-order valence-electron chi connectivity index (χ0n) is 21.3. The lowest BCUT2D eigenvalue weighted by Gasteiger charge is -2.29. The van der Waals surface area contributed by atoms with Crippen LogP contribution in [-0.4, -0.2) is 61.3 Å². The third-order valence-electron chi connectivity index (χ3n) is 7.12. The third kappa shape index (κ3) is 5.80. The van der Waals surface area contributed by atoms with E-state index in [9.17, 15) is 9.90 Å². The van der Waals surface area contributed by atoms with Crippen molar-refractivity contribution in [1.29, 1.82) is 0 Å². The summed E-state index contributed by atoms with van der Waals surface area (Å²) in [5, 5.41) is 10.1. The number of aromatic nitrogens is 4. The Kier molecular flexibility index (Phi) is 7.28. The molecule has 0 radical (unpaired) electrons. The predicted octanol–water partition coefficient (Wildman–Crippen LogP) is 4.84. The van der Waals surface area contributed by atoms with Crippen molar-refractivity contribution in [2.45, 2.75) is 38.6 Å². The molecule has 9 nitrogen and oxygen atoms in total. The van der Waals surface area contributed by atoms with Crippen LogP contribution in [0.1, 0.15) is 40.4 Å². The van der Waals surface area contributed by atoms with E-state index in [1.807, 2.05) is 24.3 Å². The topological polar surface area (TPSA) is 103 Å². The standard InChI is InChI=1S/C29H28ClN5O4/c30-21-5-6-22(31-15-21)18-39-28-3-1-2-24(33-28)19-8-11-34(12-9-19)17-27-32-25-7-4-20(29(36)37)14-26(25)35(27)16-23-10-13-38-23/h1-8,14-15,23H,9-13,16-18H2,(H,36,37)/t23-/m0/s1. The molecule has 0 unspecified atom stereocenters. The number of nitrogens with zero attached hydrogens (tertiary/aromatic N) is 5. The van der Waals surface area contributed by atoms with Crippen molar-refractivity contribution in [2.24, 2.45) is 0 Å². The number of carbonyl (C=O) groups is 1. The Morgan fingerprint density at radius 3 is 2.79 bits per heavy atom. The minimum atomic E-state index is -0.940. The van der Waals surface area contributed by atoms with E-state index in [1.165, 1.54) is 5.57 Å². The fourth-order valence-electron chi connectivity index (χ4n) is 4.86. The van der Waals surface area contributed by atoms with Gasteiger partial charge in [-0.15, -0.1) is 0 Å². The van der Waals surface area contributed by atoms with Crippen LogP contribution in [0.2, 0.25) is 5.02 Å². The number of ether oxygens (including phenoxy) is 2. The largest absolute Gasteiger partial charge is 0.478 e. The summed E-state index contributed by atoms with van der Waals surface area (Å²) in [6.45, 7) is 4.05. The van der Waals surface area contributed by atoms with Gasteiger partial charge in [-0.1, -0.05) is 23.7 Å². The second-order valence-corrected chi connectivity index (χ2v) is 10.2. The molecule has 39 heavy (non-hydrogen) atoms. The van der Waals surface area contributed by atoms with Crippen molar-refractivity contribution in [3.05, 3.63) is 88.6 Å². The van der Waals surface area contributed by atoms with Gasteiger partial charge in [0.2, 0.25) is 5.88 Å². The molecule has 1 atom stereocenters. The average molecular weight is 546 g/mol. The first-order valence-corrected chi connectivity index (χ1v) is 13.4. The normalized spacial score (nSPS) is 17.6.